The highest BCUT2D eigenvalue weighted by molar-refractivity contribution is 5.97. The molecule has 4 nitrogen and oxygen atoms in total. The number of nitrogens with one attached hydrogen (secondary N) is 1. The molecular weight excluding hydrogens is 314 g/mol. The van der Waals surface area contributed by atoms with Crippen molar-refractivity contribution in [1.82, 2.24) is 0 Å². The summed E-state index contributed by atoms with van der Waals surface area (Å²) in [6.45, 7) is 11.7. The Bertz CT molecular complexity index is 575. The molecule has 1 fully saturated rings. The van der Waals surface area contributed by atoms with E-state index in [9.17, 15) is 4.79 Å². The van der Waals surface area contributed by atoms with Crippen LogP contribution in [0.3, 0.4) is 0 Å². The largest absolute Gasteiger partial charge is 0.493 e. The van der Waals surface area contributed by atoms with Gasteiger partial charge in [0.1, 0.15) is 11.4 Å². The standard InChI is InChI=1S/C21H33NO3/c1-6-25-21(11-9-16(4)10-12-21)20(23)22-18-7-8-19(17(5)13-18)24-14-15(2)3/h7-8,13,15-16H,6,9-12,14H2,1-5H3,(H,22,23). The van der Waals surface area contributed by atoms with Crippen LogP contribution < -0.4 is 10.1 Å². The number of hydrogen-bond donors (Lipinski definition) is 1. The van der Waals surface area contributed by atoms with Crippen molar-refractivity contribution >= 4 is 11.6 Å². The fourth-order valence-electron chi connectivity index (χ4n) is 3.33. The Morgan fingerprint density at radius 2 is 2.00 bits per heavy atom. The van der Waals surface area contributed by atoms with Gasteiger partial charge < -0.3 is 14.8 Å². The molecule has 4 heteroatoms. The lowest BCUT2D eigenvalue weighted by atomic mass is 9.78. The van der Waals surface area contributed by atoms with Crippen LogP contribution in [0, 0.1) is 18.8 Å². The van der Waals surface area contributed by atoms with E-state index in [1.165, 1.54) is 0 Å². The van der Waals surface area contributed by atoms with Gasteiger partial charge in [-0.2, -0.15) is 0 Å². The summed E-state index contributed by atoms with van der Waals surface area (Å²) < 4.78 is 11.7. The molecule has 0 aromatic heterocycles. The minimum atomic E-state index is -0.679. The molecule has 1 amide bonds. The normalized spacial score (nSPS) is 23.5. The predicted molar refractivity (Wildman–Crippen MR) is 102 cm³/mol. The van der Waals surface area contributed by atoms with E-state index in [2.05, 4.69) is 26.1 Å². The van der Waals surface area contributed by atoms with Gasteiger partial charge >= 0.3 is 0 Å². The molecule has 1 aromatic rings. The number of hydrogen-bond acceptors (Lipinski definition) is 3. The number of carbonyl (C=O) groups is 1. The SMILES string of the molecule is CCOC1(C(=O)Nc2ccc(OCC(C)C)c(C)c2)CCC(C)CC1. The lowest BCUT2D eigenvalue weighted by molar-refractivity contribution is -0.146. The maximum Gasteiger partial charge on any atom is 0.256 e. The number of benzene rings is 1. The Balaban J connectivity index is 2.06. The minimum Gasteiger partial charge on any atom is -0.493 e. The van der Waals surface area contributed by atoms with Gasteiger partial charge in [-0.1, -0.05) is 20.8 Å². The highest BCUT2D eigenvalue weighted by atomic mass is 16.5. The van der Waals surface area contributed by atoms with Crippen LogP contribution >= 0.6 is 0 Å². The molecular formula is C21H33NO3. The first-order valence-electron chi connectivity index (χ1n) is 9.55. The van der Waals surface area contributed by atoms with E-state index in [-0.39, 0.29) is 5.91 Å². The fourth-order valence-corrected chi connectivity index (χ4v) is 3.33. The average Bonchev–Trinajstić information content (AvgIpc) is 2.56. The Morgan fingerprint density at radius 3 is 2.56 bits per heavy atom. The molecule has 0 atom stereocenters. The second-order valence-corrected chi connectivity index (χ2v) is 7.75. The highest BCUT2D eigenvalue weighted by Crippen LogP contribution is 2.36. The number of carbonyl (C=O) groups excluding carboxylic acids is 1. The third-order valence-electron chi connectivity index (χ3n) is 4.92. The number of anilines is 1. The molecule has 1 aliphatic carbocycles. The lowest BCUT2D eigenvalue weighted by Gasteiger charge is -2.37. The van der Waals surface area contributed by atoms with Gasteiger partial charge in [-0.05, 0) is 75.1 Å². The first-order chi connectivity index (χ1) is 11.9. The van der Waals surface area contributed by atoms with Crippen LogP contribution in [-0.4, -0.2) is 24.7 Å². The molecule has 1 N–H and O–H groups in total. The number of rotatable bonds is 7. The molecule has 1 saturated carbocycles. The summed E-state index contributed by atoms with van der Waals surface area (Å²) in [7, 11) is 0. The Labute approximate surface area is 152 Å². The third kappa shape index (κ3) is 5.21. The maximum absolute atomic E-state index is 12.9. The summed E-state index contributed by atoms with van der Waals surface area (Å²) in [6.07, 6.45) is 3.66. The van der Waals surface area contributed by atoms with Gasteiger partial charge in [0, 0.05) is 12.3 Å². The van der Waals surface area contributed by atoms with Gasteiger partial charge in [0.25, 0.3) is 5.91 Å². The molecule has 0 saturated heterocycles. The van der Waals surface area contributed by atoms with Crippen molar-refractivity contribution in [2.24, 2.45) is 11.8 Å². The van der Waals surface area contributed by atoms with Gasteiger partial charge in [-0.3, -0.25) is 4.79 Å². The first-order valence-corrected chi connectivity index (χ1v) is 9.55. The molecule has 25 heavy (non-hydrogen) atoms. The van der Waals surface area contributed by atoms with E-state index in [4.69, 9.17) is 9.47 Å². The molecule has 0 unspecified atom stereocenters. The van der Waals surface area contributed by atoms with Crippen molar-refractivity contribution in [2.45, 2.75) is 65.9 Å². The average molecular weight is 347 g/mol. The van der Waals surface area contributed by atoms with E-state index in [1.807, 2.05) is 32.0 Å². The van der Waals surface area contributed by atoms with Crippen LogP contribution in [0.5, 0.6) is 5.75 Å². The highest BCUT2D eigenvalue weighted by Gasteiger charge is 2.41. The smallest absolute Gasteiger partial charge is 0.256 e. The van der Waals surface area contributed by atoms with Gasteiger partial charge in [0.15, 0.2) is 0 Å². The second kappa shape index (κ2) is 8.70. The third-order valence-corrected chi connectivity index (χ3v) is 4.92. The second-order valence-electron chi connectivity index (χ2n) is 7.75. The van der Waals surface area contributed by atoms with Crippen molar-refractivity contribution in [3.63, 3.8) is 0 Å². The quantitative estimate of drug-likeness (QED) is 0.759. The zero-order valence-corrected chi connectivity index (χ0v) is 16.4. The Morgan fingerprint density at radius 1 is 1.32 bits per heavy atom. The summed E-state index contributed by atoms with van der Waals surface area (Å²) in [5.74, 6) is 2.01. The summed E-state index contributed by atoms with van der Waals surface area (Å²) in [6, 6.07) is 5.81. The molecule has 1 aliphatic rings. The molecule has 0 spiro atoms. The predicted octanol–water partition coefficient (Wildman–Crippen LogP) is 4.95. The van der Waals surface area contributed by atoms with E-state index in [0.717, 1.165) is 42.7 Å². The van der Waals surface area contributed by atoms with Crippen molar-refractivity contribution < 1.29 is 14.3 Å². The summed E-state index contributed by atoms with van der Waals surface area (Å²) in [5.41, 5.74) is 1.15. The van der Waals surface area contributed by atoms with Crippen molar-refractivity contribution in [3.05, 3.63) is 23.8 Å². The summed E-state index contributed by atoms with van der Waals surface area (Å²) >= 11 is 0. The van der Waals surface area contributed by atoms with Crippen LogP contribution in [0.25, 0.3) is 0 Å². The molecule has 2 rings (SSSR count). The van der Waals surface area contributed by atoms with Crippen molar-refractivity contribution in [3.8, 4) is 5.75 Å². The van der Waals surface area contributed by atoms with Crippen molar-refractivity contribution in [1.29, 1.82) is 0 Å². The first kappa shape index (κ1) is 19.8. The molecule has 0 radical (unpaired) electrons. The molecule has 140 valence electrons. The van der Waals surface area contributed by atoms with E-state index < -0.39 is 5.60 Å². The van der Waals surface area contributed by atoms with Gasteiger partial charge in [-0.25, -0.2) is 0 Å². The maximum atomic E-state index is 12.9. The zero-order valence-electron chi connectivity index (χ0n) is 16.4. The molecule has 0 bridgehead atoms. The zero-order chi connectivity index (χ0) is 18.4. The Kier molecular flexibility index (Phi) is 6.88. The van der Waals surface area contributed by atoms with E-state index in [1.54, 1.807) is 0 Å². The number of ether oxygens (including phenoxy) is 2. The molecule has 0 aliphatic heterocycles. The Hall–Kier alpha value is -1.55. The van der Waals surface area contributed by atoms with Crippen LogP contribution in [0.1, 0.15) is 58.9 Å². The van der Waals surface area contributed by atoms with E-state index >= 15 is 0 Å². The number of amides is 1. The van der Waals surface area contributed by atoms with Crippen LogP contribution in [0.4, 0.5) is 5.69 Å². The van der Waals surface area contributed by atoms with Crippen molar-refractivity contribution in [2.75, 3.05) is 18.5 Å². The summed E-state index contributed by atoms with van der Waals surface area (Å²) in [4.78, 5) is 12.9. The summed E-state index contributed by atoms with van der Waals surface area (Å²) in [5, 5.41) is 3.07. The monoisotopic (exact) mass is 347 g/mol. The van der Waals surface area contributed by atoms with Gasteiger partial charge in [0.05, 0.1) is 6.61 Å². The minimum absolute atomic E-state index is 0.0171. The van der Waals surface area contributed by atoms with Crippen LogP contribution in [-0.2, 0) is 9.53 Å². The van der Waals surface area contributed by atoms with Crippen LogP contribution in [0.2, 0.25) is 0 Å². The molecule has 1 aromatic carbocycles. The lowest BCUT2D eigenvalue weighted by Crippen LogP contribution is -2.48. The number of aryl methyl sites for hydroxylation is 1. The molecule has 0 heterocycles. The van der Waals surface area contributed by atoms with Gasteiger partial charge in [-0.15, -0.1) is 0 Å². The fraction of sp³-hybridized carbons (Fsp3) is 0.667. The van der Waals surface area contributed by atoms with Gasteiger partial charge in [0.2, 0.25) is 0 Å². The topological polar surface area (TPSA) is 47.6 Å². The van der Waals surface area contributed by atoms with E-state index in [0.29, 0.717) is 25.0 Å². The van der Waals surface area contributed by atoms with Crippen LogP contribution in [0.15, 0.2) is 18.2 Å².